The standard InChI is InChI=1S/C17H16BrN5O5/c1-10-12(9-19)16(24)22(6-3-7-28-2)17(25)15(10)21-20-14-5-4-11(23(26)27)8-13(14)18/h4-5,8,24H,3,6-7H2,1-2H3. The van der Waals surface area contributed by atoms with Gasteiger partial charge in [-0.15, -0.1) is 10.2 Å². The molecule has 0 aliphatic rings. The zero-order valence-corrected chi connectivity index (χ0v) is 16.6. The molecule has 2 rings (SSSR count). The molecule has 2 aromatic rings. The summed E-state index contributed by atoms with van der Waals surface area (Å²) in [5.41, 5.74) is -0.451. The number of nitriles is 1. The fraction of sp³-hybridized carbons (Fsp3) is 0.294. The highest BCUT2D eigenvalue weighted by Crippen LogP contribution is 2.32. The maximum absolute atomic E-state index is 12.7. The number of aromatic nitrogens is 1. The number of aromatic hydroxyl groups is 1. The first kappa shape index (κ1) is 21.2. The van der Waals surface area contributed by atoms with Gasteiger partial charge in [-0.25, -0.2) is 0 Å². The van der Waals surface area contributed by atoms with Crippen LogP contribution < -0.4 is 5.56 Å². The van der Waals surface area contributed by atoms with Gasteiger partial charge in [0.1, 0.15) is 17.3 Å². The third-order valence-corrected chi connectivity index (χ3v) is 4.53. The van der Waals surface area contributed by atoms with Crippen LogP contribution in [0.15, 0.2) is 37.7 Å². The molecule has 0 aliphatic heterocycles. The molecule has 0 saturated heterocycles. The fourth-order valence-electron chi connectivity index (χ4n) is 2.43. The van der Waals surface area contributed by atoms with E-state index in [4.69, 9.17) is 4.74 Å². The van der Waals surface area contributed by atoms with Crippen molar-refractivity contribution in [3.05, 3.63) is 54.3 Å². The third kappa shape index (κ3) is 4.41. The number of azo groups is 1. The van der Waals surface area contributed by atoms with Gasteiger partial charge in [-0.05, 0) is 35.3 Å². The van der Waals surface area contributed by atoms with E-state index < -0.39 is 16.4 Å². The number of nitrogens with zero attached hydrogens (tertiary/aromatic N) is 5. The Morgan fingerprint density at radius 3 is 2.71 bits per heavy atom. The molecule has 1 heterocycles. The van der Waals surface area contributed by atoms with Gasteiger partial charge in [-0.2, -0.15) is 5.26 Å². The van der Waals surface area contributed by atoms with Gasteiger partial charge in [0.15, 0.2) is 5.69 Å². The molecule has 0 unspecified atom stereocenters. The zero-order chi connectivity index (χ0) is 20.8. The Labute approximate surface area is 168 Å². The lowest BCUT2D eigenvalue weighted by Crippen LogP contribution is -2.22. The van der Waals surface area contributed by atoms with Gasteiger partial charge in [0, 0.05) is 38.0 Å². The molecule has 11 heteroatoms. The Morgan fingerprint density at radius 2 is 2.14 bits per heavy atom. The van der Waals surface area contributed by atoms with Crippen molar-refractivity contribution in [3.63, 3.8) is 0 Å². The van der Waals surface area contributed by atoms with E-state index in [1.807, 2.05) is 6.07 Å². The van der Waals surface area contributed by atoms with E-state index >= 15 is 0 Å². The van der Waals surface area contributed by atoms with Crippen LogP contribution >= 0.6 is 15.9 Å². The summed E-state index contributed by atoms with van der Waals surface area (Å²) in [6, 6.07) is 5.77. The Balaban J connectivity index is 2.52. The highest BCUT2D eigenvalue weighted by atomic mass is 79.9. The average Bonchev–Trinajstić information content (AvgIpc) is 2.65. The van der Waals surface area contributed by atoms with Gasteiger partial charge in [-0.3, -0.25) is 19.5 Å². The summed E-state index contributed by atoms with van der Waals surface area (Å²) < 4.78 is 6.31. The summed E-state index contributed by atoms with van der Waals surface area (Å²) in [5, 5.41) is 38.3. The molecule has 28 heavy (non-hydrogen) atoms. The number of non-ortho nitro benzene ring substituents is 1. The summed E-state index contributed by atoms with van der Waals surface area (Å²) in [6.45, 7) is 1.99. The van der Waals surface area contributed by atoms with Crippen molar-refractivity contribution in [2.24, 2.45) is 10.2 Å². The highest BCUT2D eigenvalue weighted by Gasteiger charge is 2.19. The normalized spacial score (nSPS) is 10.9. The number of methoxy groups -OCH3 is 1. The summed E-state index contributed by atoms with van der Waals surface area (Å²) >= 11 is 3.17. The topological polar surface area (TPSA) is 143 Å². The Hall–Kier alpha value is -3.10. The predicted molar refractivity (Wildman–Crippen MR) is 103 cm³/mol. The van der Waals surface area contributed by atoms with Gasteiger partial charge in [0.05, 0.1) is 9.40 Å². The second kappa shape index (κ2) is 9.20. The van der Waals surface area contributed by atoms with Crippen molar-refractivity contribution in [1.82, 2.24) is 4.57 Å². The molecule has 0 fully saturated rings. The average molecular weight is 450 g/mol. The summed E-state index contributed by atoms with van der Waals surface area (Å²) in [7, 11) is 1.51. The van der Waals surface area contributed by atoms with Crippen LogP contribution in [0.25, 0.3) is 0 Å². The minimum absolute atomic E-state index is 0.0752. The van der Waals surface area contributed by atoms with Crippen LogP contribution in [-0.2, 0) is 11.3 Å². The van der Waals surface area contributed by atoms with Crippen molar-refractivity contribution in [2.45, 2.75) is 19.9 Å². The third-order valence-electron chi connectivity index (χ3n) is 3.90. The lowest BCUT2D eigenvalue weighted by molar-refractivity contribution is -0.384. The minimum Gasteiger partial charge on any atom is -0.493 e. The van der Waals surface area contributed by atoms with Crippen LogP contribution in [0.4, 0.5) is 17.1 Å². The molecular weight excluding hydrogens is 434 g/mol. The molecule has 1 N–H and O–H groups in total. The van der Waals surface area contributed by atoms with Crippen LogP contribution in [-0.4, -0.2) is 28.3 Å². The second-order valence-corrected chi connectivity index (χ2v) is 6.53. The maximum atomic E-state index is 12.7. The van der Waals surface area contributed by atoms with E-state index in [-0.39, 0.29) is 34.7 Å². The van der Waals surface area contributed by atoms with Crippen LogP contribution in [0, 0.1) is 28.4 Å². The molecule has 10 nitrogen and oxygen atoms in total. The first-order chi connectivity index (χ1) is 13.3. The van der Waals surface area contributed by atoms with Crippen molar-refractivity contribution < 1.29 is 14.8 Å². The molecule has 0 bridgehead atoms. The first-order valence-corrected chi connectivity index (χ1v) is 8.82. The van der Waals surface area contributed by atoms with Crippen LogP contribution in [0.3, 0.4) is 0 Å². The first-order valence-electron chi connectivity index (χ1n) is 8.02. The number of hydrogen-bond acceptors (Lipinski definition) is 8. The van der Waals surface area contributed by atoms with Gasteiger partial charge in [0.25, 0.3) is 11.2 Å². The number of benzene rings is 1. The van der Waals surface area contributed by atoms with Crippen molar-refractivity contribution >= 4 is 33.0 Å². The number of hydrogen-bond donors (Lipinski definition) is 1. The summed E-state index contributed by atoms with van der Waals surface area (Å²) in [5.74, 6) is -0.434. The van der Waals surface area contributed by atoms with Crippen LogP contribution in [0.1, 0.15) is 17.5 Å². The number of rotatable bonds is 7. The van der Waals surface area contributed by atoms with Gasteiger partial charge < -0.3 is 9.84 Å². The van der Waals surface area contributed by atoms with Crippen molar-refractivity contribution in [2.75, 3.05) is 13.7 Å². The van der Waals surface area contributed by atoms with E-state index in [9.17, 15) is 25.3 Å². The molecule has 0 radical (unpaired) electrons. The van der Waals surface area contributed by atoms with E-state index in [2.05, 4.69) is 26.2 Å². The van der Waals surface area contributed by atoms with E-state index in [0.717, 1.165) is 4.57 Å². The number of pyridine rings is 1. The molecule has 0 spiro atoms. The smallest absolute Gasteiger partial charge is 0.281 e. The van der Waals surface area contributed by atoms with E-state index in [1.54, 1.807) is 0 Å². The monoisotopic (exact) mass is 449 g/mol. The molecule has 0 atom stereocenters. The van der Waals surface area contributed by atoms with Gasteiger partial charge >= 0.3 is 0 Å². The molecule has 146 valence electrons. The van der Waals surface area contributed by atoms with Crippen molar-refractivity contribution in [3.8, 4) is 11.9 Å². The highest BCUT2D eigenvalue weighted by molar-refractivity contribution is 9.10. The SMILES string of the molecule is COCCCn1c(O)c(C#N)c(C)c(N=Nc2ccc([N+](=O)[O-])cc2Br)c1=O. The minimum atomic E-state index is -0.605. The summed E-state index contributed by atoms with van der Waals surface area (Å²) in [4.78, 5) is 23.0. The molecule has 0 aliphatic carbocycles. The summed E-state index contributed by atoms with van der Waals surface area (Å²) in [6.07, 6.45) is 0.447. The molecule has 1 aromatic heterocycles. The lowest BCUT2D eigenvalue weighted by Gasteiger charge is -2.12. The van der Waals surface area contributed by atoms with E-state index in [0.29, 0.717) is 17.5 Å². The van der Waals surface area contributed by atoms with Gasteiger partial charge in [-0.1, -0.05) is 0 Å². The lowest BCUT2D eigenvalue weighted by atomic mass is 10.1. The fourth-order valence-corrected chi connectivity index (χ4v) is 2.87. The van der Waals surface area contributed by atoms with E-state index in [1.165, 1.54) is 32.2 Å². The molecule has 0 amide bonds. The Morgan fingerprint density at radius 1 is 1.43 bits per heavy atom. The van der Waals surface area contributed by atoms with Gasteiger partial charge in [0.2, 0.25) is 5.88 Å². The van der Waals surface area contributed by atoms with Crippen LogP contribution in [0.2, 0.25) is 0 Å². The largest absolute Gasteiger partial charge is 0.493 e. The Bertz CT molecular complexity index is 1040. The number of nitro benzene ring substituents is 1. The Kier molecular flexibility index (Phi) is 6.97. The zero-order valence-electron chi connectivity index (χ0n) is 15.0. The maximum Gasteiger partial charge on any atom is 0.281 e. The quantitative estimate of drug-likeness (QED) is 0.294. The molecule has 0 saturated carbocycles. The molecular formula is C17H16BrN5O5. The predicted octanol–water partition coefficient (Wildman–Crippen LogP) is 3.86. The van der Waals surface area contributed by atoms with Crippen LogP contribution in [0.5, 0.6) is 5.88 Å². The number of nitro groups is 1. The number of ether oxygens (including phenoxy) is 1. The number of halogens is 1. The molecule has 1 aromatic carbocycles. The van der Waals surface area contributed by atoms with Crippen molar-refractivity contribution in [1.29, 1.82) is 5.26 Å². The second-order valence-electron chi connectivity index (χ2n) is 5.68.